The molecule has 0 unspecified atom stereocenters. The van der Waals surface area contributed by atoms with E-state index >= 15 is 0 Å². The summed E-state index contributed by atoms with van der Waals surface area (Å²) in [6.07, 6.45) is 2.45. The second-order valence-corrected chi connectivity index (χ2v) is 9.68. The lowest BCUT2D eigenvalue weighted by molar-refractivity contribution is -0.118. The summed E-state index contributed by atoms with van der Waals surface area (Å²) in [5, 5.41) is 8.91. The van der Waals surface area contributed by atoms with E-state index in [2.05, 4.69) is 10.2 Å². The maximum atomic E-state index is 13.0. The van der Waals surface area contributed by atoms with Crippen molar-refractivity contribution in [2.24, 2.45) is 5.73 Å². The number of primary amides is 1. The average Bonchev–Trinajstić information content (AvgIpc) is 3.35. The number of carbonyl (C=O) groups excluding carboxylic acids is 1. The van der Waals surface area contributed by atoms with Crippen LogP contribution < -0.4 is 5.73 Å². The molecule has 0 bridgehead atoms. The monoisotopic (exact) mass is 452 g/mol. The molecule has 3 rings (SSSR count). The number of rotatable bonds is 11. The molecule has 11 heteroatoms. The third-order valence-corrected chi connectivity index (χ3v) is 7.11. The zero-order chi connectivity index (χ0) is 21.6. The zero-order valence-electron chi connectivity index (χ0n) is 16.0. The van der Waals surface area contributed by atoms with Gasteiger partial charge in [-0.05, 0) is 42.8 Å². The van der Waals surface area contributed by atoms with Gasteiger partial charge in [0.05, 0.1) is 23.5 Å². The van der Waals surface area contributed by atoms with E-state index < -0.39 is 21.6 Å². The third kappa shape index (κ3) is 5.92. The summed E-state index contributed by atoms with van der Waals surface area (Å²) in [5.74, 6) is 0.830. The highest BCUT2D eigenvalue weighted by molar-refractivity contribution is 7.99. The van der Waals surface area contributed by atoms with Crippen LogP contribution in [0.25, 0.3) is 0 Å². The van der Waals surface area contributed by atoms with E-state index in [4.69, 9.17) is 10.2 Å². The average molecular weight is 453 g/mol. The Morgan fingerprint density at radius 1 is 1.20 bits per heavy atom. The van der Waals surface area contributed by atoms with E-state index in [-0.39, 0.29) is 17.1 Å². The van der Waals surface area contributed by atoms with Gasteiger partial charge in [-0.15, -0.1) is 10.2 Å². The highest BCUT2D eigenvalue weighted by atomic mass is 32.2. The first-order chi connectivity index (χ1) is 14.3. The largest absolute Gasteiger partial charge is 0.467 e. The van der Waals surface area contributed by atoms with Gasteiger partial charge >= 0.3 is 0 Å². The van der Waals surface area contributed by atoms with Crippen LogP contribution in [-0.2, 0) is 27.6 Å². The summed E-state index contributed by atoms with van der Waals surface area (Å²) in [7, 11) is -3.48. The number of benzene rings is 1. The minimum Gasteiger partial charge on any atom is -0.467 e. The molecule has 0 aliphatic rings. The first kappa shape index (κ1) is 22.0. The van der Waals surface area contributed by atoms with Gasteiger partial charge in [-0.25, -0.2) is 12.8 Å². The van der Waals surface area contributed by atoms with Crippen molar-refractivity contribution in [2.75, 3.05) is 11.5 Å². The van der Waals surface area contributed by atoms with Crippen molar-refractivity contribution in [1.82, 2.24) is 14.8 Å². The van der Waals surface area contributed by atoms with Crippen LogP contribution in [0.15, 0.2) is 57.1 Å². The third-order valence-electron chi connectivity index (χ3n) is 4.24. The van der Waals surface area contributed by atoms with Crippen molar-refractivity contribution in [1.29, 1.82) is 0 Å². The summed E-state index contributed by atoms with van der Waals surface area (Å²) in [4.78, 5) is 11.2. The smallest absolute Gasteiger partial charge is 0.217 e. The quantitative estimate of drug-likeness (QED) is 0.269. The first-order valence-corrected chi connectivity index (χ1v) is 11.8. The number of hydrogen-bond donors (Lipinski definition) is 1. The molecule has 0 atom stereocenters. The summed E-state index contributed by atoms with van der Waals surface area (Å²) in [6.45, 7) is 0.393. The van der Waals surface area contributed by atoms with Crippen molar-refractivity contribution in [3.63, 3.8) is 0 Å². The van der Waals surface area contributed by atoms with Crippen LogP contribution in [0.4, 0.5) is 4.39 Å². The molecule has 8 nitrogen and oxygen atoms in total. The number of aromatic nitrogens is 3. The molecule has 0 saturated carbocycles. The second kappa shape index (κ2) is 9.90. The Bertz CT molecular complexity index is 1080. The van der Waals surface area contributed by atoms with Gasteiger partial charge in [0.15, 0.2) is 15.0 Å². The van der Waals surface area contributed by atoms with Crippen LogP contribution in [0, 0.1) is 5.82 Å². The van der Waals surface area contributed by atoms with Crippen molar-refractivity contribution in [3.05, 3.63) is 60.1 Å². The predicted octanol–water partition coefficient (Wildman–Crippen LogP) is 2.43. The standard InChI is InChI=1S/C19H21FN4O4S2/c20-14-4-6-16(7-5-14)30(26,27)12-2-11-29-19-23-22-18(9-8-17(21)25)24(19)13-15-3-1-10-28-15/h1,3-7,10H,2,8-9,11-13H2,(H2,21,25). The molecule has 0 radical (unpaired) electrons. The number of carbonyl (C=O) groups is 1. The summed E-state index contributed by atoms with van der Waals surface area (Å²) in [5.41, 5.74) is 5.23. The molecule has 2 aromatic heterocycles. The molecule has 3 aromatic rings. The molecular weight excluding hydrogens is 431 g/mol. The molecule has 0 aliphatic heterocycles. The number of halogens is 1. The van der Waals surface area contributed by atoms with Gasteiger partial charge in [-0.2, -0.15) is 0 Å². The summed E-state index contributed by atoms with van der Waals surface area (Å²) in [6, 6.07) is 8.39. The number of furan rings is 1. The van der Waals surface area contributed by atoms with Crippen molar-refractivity contribution >= 4 is 27.5 Å². The molecule has 2 N–H and O–H groups in total. The fraction of sp³-hybridized carbons (Fsp3) is 0.316. The van der Waals surface area contributed by atoms with E-state index in [1.54, 1.807) is 12.3 Å². The summed E-state index contributed by atoms with van der Waals surface area (Å²) < 4.78 is 44.9. The molecule has 0 saturated heterocycles. The van der Waals surface area contributed by atoms with Gasteiger partial charge in [-0.1, -0.05) is 11.8 Å². The Balaban J connectivity index is 1.62. The highest BCUT2D eigenvalue weighted by Crippen LogP contribution is 2.22. The Morgan fingerprint density at radius 3 is 2.63 bits per heavy atom. The topological polar surface area (TPSA) is 121 Å². The minimum atomic E-state index is -3.48. The molecular formula is C19H21FN4O4S2. The van der Waals surface area contributed by atoms with Gasteiger partial charge in [0, 0.05) is 18.6 Å². The van der Waals surface area contributed by atoms with E-state index in [0.717, 1.165) is 12.1 Å². The maximum Gasteiger partial charge on any atom is 0.217 e. The Hall–Kier alpha value is -2.66. The van der Waals surface area contributed by atoms with Gasteiger partial charge in [0.2, 0.25) is 5.91 Å². The number of thioether (sulfide) groups is 1. The number of nitrogens with two attached hydrogens (primary N) is 1. The lowest BCUT2D eigenvalue weighted by Crippen LogP contribution is -2.14. The number of sulfone groups is 1. The molecule has 0 aliphatic carbocycles. The molecule has 30 heavy (non-hydrogen) atoms. The molecule has 0 spiro atoms. The fourth-order valence-electron chi connectivity index (χ4n) is 2.74. The van der Waals surface area contributed by atoms with Crippen LogP contribution in [-0.4, -0.2) is 40.6 Å². The Labute approximate surface area is 177 Å². The lowest BCUT2D eigenvalue weighted by Gasteiger charge is -2.08. The molecule has 160 valence electrons. The normalized spacial score (nSPS) is 11.6. The van der Waals surface area contributed by atoms with Gasteiger partial charge in [0.1, 0.15) is 17.4 Å². The van der Waals surface area contributed by atoms with Gasteiger partial charge < -0.3 is 10.2 Å². The Morgan fingerprint density at radius 2 is 1.97 bits per heavy atom. The van der Waals surface area contributed by atoms with Crippen LogP contribution in [0.3, 0.4) is 0 Å². The lowest BCUT2D eigenvalue weighted by atomic mass is 10.3. The first-order valence-electron chi connectivity index (χ1n) is 9.19. The highest BCUT2D eigenvalue weighted by Gasteiger charge is 2.17. The maximum absolute atomic E-state index is 13.0. The van der Waals surface area contributed by atoms with E-state index in [9.17, 15) is 17.6 Å². The number of nitrogens with zero attached hydrogens (tertiary/aromatic N) is 3. The number of aryl methyl sites for hydroxylation is 1. The van der Waals surface area contributed by atoms with Crippen molar-refractivity contribution in [2.45, 2.75) is 35.9 Å². The SMILES string of the molecule is NC(=O)CCc1nnc(SCCCS(=O)(=O)c2ccc(F)cc2)n1Cc1ccco1. The van der Waals surface area contributed by atoms with Gasteiger partial charge in [0.25, 0.3) is 0 Å². The fourth-order valence-corrected chi connectivity index (χ4v) is 5.12. The van der Waals surface area contributed by atoms with Gasteiger partial charge in [-0.3, -0.25) is 9.36 Å². The van der Waals surface area contributed by atoms with E-state index in [1.807, 2.05) is 10.6 Å². The van der Waals surface area contributed by atoms with Crippen LogP contribution in [0.2, 0.25) is 0 Å². The number of hydrogen-bond acceptors (Lipinski definition) is 7. The zero-order valence-corrected chi connectivity index (χ0v) is 17.7. The van der Waals surface area contributed by atoms with E-state index in [0.29, 0.717) is 41.9 Å². The van der Waals surface area contributed by atoms with Crippen LogP contribution in [0.1, 0.15) is 24.4 Å². The molecule has 2 heterocycles. The van der Waals surface area contributed by atoms with Crippen molar-refractivity contribution < 1.29 is 22.0 Å². The Kier molecular flexibility index (Phi) is 7.27. The summed E-state index contributed by atoms with van der Waals surface area (Å²) >= 11 is 1.37. The van der Waals surface area contributed by atoms with E-state index in [1.165, 1.54) is 23.9 Å². The second-order valence-electron chi connectivity index (χ2n) is 6.51. The van der Waals surface area contributed by atoms with Crippen molar-refractivity contribution in [3.8, 4) is 0 Å². The molecule has 1 aromatic carbocycles. The van der Waals surface area contributed by atoms with Crippen LogP contribution in [0.5, 0.6) is 0 Å². The molecule has 0 fully saturated rings. The number of amides is 1. The van der Waals surface area contributed by atoms with Crippen LogP contribution >= 0.6 is 11.8 Å². The predicted molar refractivity (Wildman–Crippen MR) is 109 cm³/mol. The molecule has 1 amide bonds. The minimum absolute atomic E-state index is 0.0630.